The number of aryl methyl sites for hydroxylation is 2. The molecule has 0 aliphatic carbocycles. The predicted molar refractivity (Wildman–Crippen MR) is 83.7 cm³/mol. The first-order valence-corrected chi connectivity index (χ1v) is 7.67. The van der Waals surface area contributed by atoms with Crippen LogP contribution in [-0.4, -0.2) is 11.1 Å². The van der Waals surface area contributed by atoms with E-state index in [0.29, 0.717) is 5.56 Å². The molecule has 1 atom stereocenters. The lowest BCUT2D eigenvalue weighted by atomic mass is 10.1. The number of aromatic nitrogens is 1. The van der Waals surface area contributed by atoms with Crippen LogP contribution < -0.4 is 5.32 Å². The van der Waals surface area contributed by atoms with Crippen molar-refractivity contribution < 1.29 is 9.32 Å². The third-order valence-corrected chi connectivity index (χ3v) is 3.91. The molecule has 6 heteroatoms. The number of amides is 1. The summed E-state index contributed by atoms with van der Waals surface area (Å²) >= 11 is 6.75. The lowest BCUT2D eigenvalue weighted by Crippen LogP contribution is -2.27. The first kappa shape index (κ1) is 15.3. The molecular formula is C14H14Br2N2O2. The third kappa shape index (κ3) is 3.30. The van der Waals surface area contributed by atoms with Crippen molar-refractivity contribution in [3.63, 3.8) is 0 Å². The molecule has 1 unspecified atom stereocenters. The van der Waals surface area contributed by atoms with Crippen molar-refractivity contribution in [3.8, 4) is 0 Å². The van der Waals surface area contributed by atoms with Crippen molar-refractivity contribution in [2.24, 2.45) is 0 Å². The lowest BCUT2D eigenvalue weighted by molar-refractivity contribution is 0.0939. The highest BCUT2D eigenvalue weighted by Crippen LogP contribution is 2.23. The summed E-state index contributed by atoms with van der Waals surface area (Å²) in [5, 5.41) is 6.86. The van der Waals surface area contributed by atoms with Crippen LogP contribution in [0.15, 0.2) is 31.7 Å². The quantitative estimate of drug-likeness (QED) is 0.833. The molecule has 0 aliphatic heterocycles. The molecule has 1 aromatic carbocycles. The normalized spacial score (nSPS) is 12.2. The first-order chi connectivity index (χ1) is 9.38. The summed E-state index contributed by atoms with van der Waals surface area (Å²) in [5.74, 6) is 0.588. The van der Waals surface area contributed by atoms with Gasteiger partial charge >= 0.3 is 0 Å². The zero-order valence-corrected chi connectivity index (χ0v) is 14.5. The summed E-state index contributed by atoms with van der Waals surface area (Å²) in [6, 6.07) is 5.28. The maximum Gasteiger partial charge on any atom is 0.251 e. The van der Waals surface area contributed by atoms with Crippen molar-refractivity contribution in [2.75, 3.05) is 0 Å². The molecule has 1 N–H and O–H groups in total. The van der Waals surface area contributed by atoms with Gasteiger partial charge in [0.25, 0.3) is 5.91 Å². The minimum atomic E-state index is -0.161. The van der Waals surface area contributed by atoms with Crippen LogP contribution in [0.5, 0.6) is 0 Å². The fourth-order valence-corrected chi connectivity index (χ4v) is 3.44. The molecule has 106 valence electrons. The van der Waals surface area contributed by atoms with Crippen LogP contribution in [0.4, 0.5) is 0 Å². The minimum absolute atomic E-state index is 0.139. The molecule has 2 aromatic rings. The van der Waals surface area contributed by atoms with Gasteiger partial charge in [0.05, 0.1) is 11.7 Å². The summed E-state index contributed by atoms with van der Waals surface area (Å²) in [6.45, 7) is 5.62. The average Bonchev–Trinajstić information content (AvgIpc) is 2.67. The zero-order chi connectivity index (χ0) is 14.9. The molecule has 4 nitrogen and oxygen atoms in total. The maximum atomic E-state index is 12.3. The molecular weight excluding hydrogens is 388 g/mol. The maximum absolute atomic E-state index is 12.3. The second-order valence-electron chi connectivity index (χ2n) is 4.59. The van der Waals surface area contributed by atoms with Gasteiger partial charge in [-0.3, -0.25) is 4.79 Å². The first-order valence-electron chi connectivity index (χ1n) is 6.08. The molecule has 0 saturated heterocycles. The average molecular weight is 402 g/mol. The van der Waals surface area contributed by atoms with Gasteiger partial charge in [0.1, 0.15) is 5.76 Å². The second kappa shape index (κ2) is 6.10. The summed E-state index contributed by atoms with van der Waals surface area (Å²) in [6.07, 6.45) is 0. The molecule has 1 amide bonds. The fraction of sp³-hybridized carbons (Fsp3) is 0.286. The van der Waals surface area contributed by atoms with E-state index in [4.69, 9.17) is 4.52 Å². The molecule has 0 radical (unpaired) electrons. The zero-order valence-electron chi connectivity index (χ0n) is 11.3. The Morgan fingerprint density at radius 1 is 1.25 bits per heavy atom. The molecule has 1 heterocycles. The summed E-state index contributed by atoms with van der Waals surface area (Å²) in [5.41, 5.74) is 2.31. The van der Waals surface area contributed by atoms with Crippen molar-refractivity contribution in [1.82, 2.24) is 10.5 Å². The van der Waals surface area contributed by atoms with E-state index in [0.717, 1.165) is 26.0 Å². The number of nitrogens with zero attached hydrogens (tertiary/aromatic N) is 1. The molecule has 0 bridgehead atoms. The van der Waals surface area contributed by atoms with Gasteiger partial charge in [-0.1, -0.05) is 37.0 Å². The SMILES string of the molecule is Cc1noc(C)c1C(C)NC(=O)c1cc(Br)cc(Br)c1. The minimum Gasteiger partial charge on any atom is -0.361 e. The van der Waals surface area contributed by atoms with Crippen LogP contribution in [0.25, 0.3) is 0 Å². The van der Waals surface area contributed by atoms with Gasteiger partial charge < -0.3 is 9.84 Å². The molecule has 0 fully saturated rings. The van der Waals surface area contributed by atoms with Crippen LogP contribution >= 0.6 is 31.9 Å². The van der Waals surface area contributed by atoms with Crippen LogP contribution in [0.2, 0.25) is 0 Å². The van der Waals surface area contributed by atoms with Crippen molar-refractivity contribution in [1.29, 1.82) is 0 Å². The number of carbonyl (C=O) groups is 1. The number of rotatable bonds is 3. The summed E-state index contributed by atoms with van der Waals surface area (Å²) in [7, 11) is 0. The number of nitrogens with one attached hydrogen (secondary N) is 1. The summed E-state index contributed by atoms with van der Waals surface area (Å²) in [4.78, 5) is 12.3. The number of carbonyl (C=O) groups excluding carboxylic acids is 1. The Morgan fingerprint density at radius 3 is 2.35 bits per heavy atom. The Kier molecular flexibility index (Phi) is 4.65. The highest BCUT2D eigenvalue weighted by molar-refractivity contribution is 9.11. The largest absolute Gasteiger partial charge is 0.361 e. The van der Waals surface area contributed by atoms with E-state index < -0.39 is 0 Å². The van der Waals surface area contributed by atoms with E-state index in [9.17, 15) is 4.79 Å². The Balaban J connectivity index is 2.19. The van der Waals surface area contributed by atoms with Crippen LogP contribution in [0.3, 0.4) is 0 Å². The van der Waals surface area contributed by atoms with Crippen LogP contribution in [0, 0.1) is 13.8 Å². The summed E-state index contributed by atoms with van der Waals surface area (Å²) < 4.78 is 6.82. The highest BCUT2D eigenvalue weighted by atomic mass is 79.9. The van der Waals surface area contributed by atoms with Gasteiger partial charge in [0.2, 0.25) is 0 Å². The molecule has 2 rings (SSSR count). The predicted octanol–water partition coefficient (Wildman–Crippen LogP) is 4.31. The number of benzene rings is 1. The van der Waals surface area contributed by atoms with E-state index in [-0.39, 0.29) is 11.9 Å². The lowest BCUT2D eigenvalue weighted by Gasteiger charge is -2.14. The Hall–Kier alpha value is -1.14. The van der Waals surface area contributed by atoms with Crippen molar-refractivity contribution >= 4 is 37.8 Å². The molecule has 0 spiro atoms. The van der Waals surface area contributed by atoms with Gasteiger partial charge in [0.15, 0.2) is 0 Å². The van der Waals surface area contributed by atoms with E-state index in [1.165, 1.54) is 0 Å². The Morgan fingerprint density at radius 2 is 1.85 bits per heavy atom. The topological polar surface area (TPSA) is 55.1 Å². The van der Waals surface area contributed by atoms with Crippen LogP contribution in [-0.2, 0) is 0 Å². The van der Waals surface area contributed by atoms with Gasteiger partial charge in [-0.25, -0.2) is 0 Å². The molecule has 1 aromatic heterocycles. The van der Waals surface area contributed by atoms with E-state index >= 15 is 0 Å². The van der Waals surface area contributed by atoms with Crippen LogP contribution in [0.1, 0.15) is 40.3 Å². The van der Waals surface area contributed by atoms with E-state index in [1.807, 2.05) is 26.8 Å². The Labute approximate surface area is 134 Å². The smallest absolute Gasteiger partial charge is 0.251 e. The molecule has 0 saturated carbocycles. The van der Waals surface area contributed by atoms with Gasteiger partial charge in [0, 0.05) is 20.1 Å². The van der Waals surface area contributed by atoms with Gasteiger partial charge in [-0.05, 0) is 39.0 Å². The number of hydrogen-bond acceptors (Lipinski definition) is 3. The van der Waals surface area contributed by atoms with Gasteiger partial charge in [-0.2, -0.15) is 0 Å². The van der Waals surface area contributed by atoms with E-state index in [2.05, 4.69) is 42.3 Å². The Bertz CT molecular complexity index is 613. The van der Waals surface area contributed by atoms with Gasteiger partial charge in [-0.15, -0.1) is 0 Å². The number of hydrogen-bond donors (Lipinski definition) is 1. The monoisotopic (exact) mass is 400 g/mol. The highest BCUT2D eigenvalue weighted by Gasteiger charge is 2.19. The number of halogens is 2. The molecule has 0 aliphatic rings. The third-order valence-electron chi connectivity index (χ3n) is 2.99. The molecule has 20 heavy (non-hydrogen) atoms. The van der Waals surface area contributed by atoms with E-state index in [1.54, 1.807) is 12.1 Å². The standard InChI is InChI=1S/C14H14Br2N2O2/c1-7(13-8(2)18-20-9(13)3)17-14(19)10-4-11(15)6-12(16)5-10/h4-7H,1-3H3,(H,17,19). The fourth-order valence-electron chi connectivity index (χ4n) is 2.15. The van der Waals surface area contributed by atoms with Crippen molar-refractivity contribution in [3.05, 3.63) is 49.7 Å². The van der Waals surface area contributed by atoms with Crippen molar-refractivity contribution in [2.45, 2.75) is 26.8 Å². The second-order valence-corrected chi connectivity index (χ2v) is 6.42.